The summed E-state index contributed by atoms with van der Waals surface area (Å²) in [6, 6.07) is 11.5. The average molecular weight is 479 g/mol. The zero-order valence-corrected chi connectivity index (χ0v) is 19.6. The number of methoxy groups -OCH3 is 1. The maximum Gasteiger partial charge on any atom is 0.356 e. The summed E-state index contributed by atoms with van der Waals surface area (Å²) in [5, 5.41) is 0.727. The second kappa shape index (κ2) is 10.1. The first-order chi connectivity index (χ1) is 15.0. The van der Waals surface area contributed by atoms with E-state index in [-0.39, 0.29) is 35.6 Å². The fraction of sp³-hybridized carbons (Fsp3) is 0.435. The van der Waals surface area contributed by atoms with Crippen LogP contribution in [-0.4, -0.2) is 54.7 Å². The summed E-state index contributed by atoms with van der Waals surface area (Å²) in [6.07, 6.45) is 5.21. The molecule has 2 amide bonds. The quantitative estimate of drug-likeness (QED) is 0.655. The van der Waals surface area contributed by atoms with E-state index in [1.165, 1.54) is 12.7 Å². The van der Waals surface area contributed by atoms with Crippen LogP contribution >= 0.6 is 24.0 Å². The van der Waals surface area contributed by atoms with Gasteiger partial charge in [0.1, 0.15) is 5.69 Å². The summed E-state index contributed by atoms with van der Waals surface area (Å²) in [6.45, 7) is 1.85. The minimum absolute atomic E-state index is 0. The van der Waals surface area contributed by atoms with Crippen molar-refractivity contribution in [1.82, 2.24) is 9.88 Å². The van der Waals surface area contributed by atoms with Crippen molar-refractivity contribution in [1.29, 1.82) is 0 Å². The first-order valence-electron chi connectivity index (χ1n) is 10.6. The van der Waals surface area contributed by atoms with Crippen LogP contribution in [0, 0.1) is 0 Å². The van der Waals surface area contributed by atoms with Crippen molar-refractivity contribution < 1.29 is 14.3 Å². The average Bonchev–Trinajstić information content (AvgIpc) is 3.20. The van der Waals surface area contributed by atoms with Gasteiger partial charge in [0.05, 0.1) is 19.0 Å². The molecular formula is C23H28Cl2N4O3. The molecule has 32 heavy (non-hydrogen) atoms. The Labute approximate surface area is 199 Å². The van der Waals surface area contributed by atoms with E-state index in [1.807, 2.05) is 23.1 Å². The molecule has 4 rings (SSSR count). The third-order valence-electron chi connectivity index (χ3n) is 6.68. The van der Waals surface area contributed by atoms with E-state index >= 15 is 0 Å². The molecule has 2 aromatic rings. The molecule has 9 heteroatoms. The van der Waals surface area contributed by atoms with Crippen LogP contribution in [0.4, 0.5) is 10.5 Å². The highest BCUT2D eigenvalue weighted by Gasteiger charge is 2.41. The Kier molecular flexibility index (Phi) is 7.64. The van der Waals surface area contributed by atoms with Crippen LogP contribution in [0.3, 0.4) is 0 Å². The van der Waals surface area contributed by atoms with Gasteiger partial charge in [0.25, 0.3) is 0 Å². The molecule has 0 radical (unpaired) electrons. The van der Waals surface area contributed by atoms with Crippen molar-refractivity contribution in [3.8, 4) is 0 Å². The number of ether oxygens (including phenoxy) is 1. The Morgan fingerprint density at radius 2 is 2.00 bits per heavy atom. The number of anilines is 1. The number of aromatic nitrogens is 1. The van der Waals surface area contributed by atoms with Crippen LogP contribution in [-0.2, 0) is 10.2 Å². The van der Waals surface area contributed by atoms with Crippen LogP contribution in [0.15, 0.2) is 42.6 Å². The number of hydrogen-bond acceptors (Lipinski definition) is 5. The lowest BCUT2D eigenvalue weighted by Crippen LogP contribution is -2.46. The maximum absolute atomic E-state index is 13.1. The number of rotatable bonds is 5. The van der Waals surface area contributed by atoms with Gasteiger partial charge in [-0.2, -0.15) is 0 Å². The number of esters is 1. The molecule has 2 N–H and O–H groups in total. The van der Waals surface area contributed by atoms with Crippen molar-refractivity contribution in [3.05, 3.63) is 58.9 Å². The molecule has 172 valence electrons. The van der Waals surface area contributed by atoms with Crippen molar-refractivity contribution >= 4 is 41.7 Å². The largest absolute Gasteiger partial charge is 0.464 e. The van der Waals surface area contributed by atoms with Gasteiger partial charge >= 0.3 is 12.0 Å². The predicted molar refractivity (Wildman–Crippen MR) is 127 cm³/mol. The molecule has 1 aromatic heterocycles. The fourth-order valence-electron chi connectivity index (χ4n) is 4.80. The number of amides is 2. The second-order valence-corrected chi connectivity index (χ2v) is 8.68. The number of pyridine rings is 1. The monoisotopic (exact) mass is 478 g/mol. The smallest absolute Gasteiger partial charge is 0.356 e. The molecule has 1 aromatic carbocycles. The summed E-state index contributed by atoms with van der Waals surface area (Å²) in [4.78, 5) is 32.5. The molecule has 0 unspecified atom stereocenters. The molecule has 7 nitrogen and oxygen atoms in total. The van der Waals surface area contributed by atoms with Gasteiger partial charge in [-0.3, -0.25) is 4.90 Å². The van der Waals surface area contributed by atoms with E-state index in [1.54, 1.807) is 23.2 Å². The topological polar surface area (TPSA) is 88.8 Å². The molecule has 1 aliphatic heterocycles. The molecular weight excluding hydrogens is 451 g/mol. The number of urea groups is 1. The fourth-order valence-corrected chi connectivity index (χ4v) is 4.99. The van der Waals surface area contributed by atoms with Crippen LogP contribution < -0.4 is 10.6 Å². The molecule has 1 saturated carbocycles. The molecule has 0 spiro atoms. The zero-order chi connectivity index (χ0) is 22.0. The number of nitrogens with zero attached hydrogens (tertiary/aromatic N) is 3. The highest BCUT2D eigenvalue weighted by Crippen LogP contribution is 2.41. The molecule has 0 bridgehead atoms. The Morgan fingerprint density at radius 1 is 1.25 bits per heavy atom. The first-order valence-corrected chi connectivity index (χ1v) is 10.9. The van der Waals surface area contributed by atoms with Crippen LogP contribution in [0.5, 0.6) is 0 Å². The van der Waals surface area contributed by atoms with Crippen LogP contribution in [0.1, 0.15) is 41.7 Å². The SMILES string of the molecule is COC(=O)c1ccc(N2CCN([C@H]3CC[C@](CN)(c4cccc(Cl)c4)CC3)C2=O)cn1.Cl. The van der Waals surface area contributed by atoms with Gasteiger partial charge in [-0.25, -0.2) is 14.6 Å². The van der Waals surface area contributed by atoms with Gasteiger partial charge < -0.3 is 15.4 Å². The highest BCUT2D eigenvalue weighted by atomic mass is 35.5. The van der Waals surface area contributed by atoms with Crippen LogP contribution in [0.25, 0.3) is 0 Å². The lowest BCUT2D eigenvalue weighted by Gasteiger charge is -2.42. The van der Waals surface area contributed by atoms with Gasteiger partial charge in [0.2, 0.25) is 0 Å². The Balaban J connectivity index is 0.00000289. The van der Waals surface area contributed by atoms with Crippen molar-refractivity contribution in [2.75, 3.05) is 31.6 Å². The number of carbonyl (C=O) groups is 2. The molecule has 1 saturated heterocycles. The van der Waals surface area contributed by atoms with Crippen molar-refractivity contribution in [3.63, 3.8) is 0 Å². The molecule has 1 aliphatic carbocycles. The van der Waals surface area contributed by atoms with E-state index < -0.39 is 5.97 Å². The zero-order valence-electron chi connectivity index (χ0n) is 18.0. The normalized spacial score (nSPS) is 23.1. The minimum atomic E-state index is -0.494. The Hall–Kier alpha value is -2.35. The maximum atomic E-state index is 13.1. The number of halogens is 2. The predicted octanol–water partition coefficient (Wildman–Crippen LogP) is 4.02. The lowest BCUT2D eigenvalue weighted by molar-refractivity contribution is 0.0594. The molecule has 0 atom stereocenters. The summed E-state index contributed by atoms with van der Waals surface area (Å²) < 4.78 is 4.68. The lowest BCUT2D eigenvalue weighted by atomic mass is 9.68. The van der Waals surface area contributed by atoms with Crippen molar-refractivity contribution in [2.45, 2.75) is 37.1 Å². The molecule has 2 heterocycles. The van der Waals surface area contributed by atoms with Gasteiger partial charge in [-0.15, -0.1) is 12.4 Å². The summed E-state index contributed by atoms with van der Waals surface area (Å²) >= 11 is 6.21. The Bertz CT molecular complexity index is 962. The van der Waals surface area contributed by atoms with E-state index in [4.69, 9.17) is 17.3 Å². The third-order valence-corrected chi connectivity index (χ3v) is 6.91. The van der Waals surface area contributed by atoms with Gasteiger partial charge in [0.15, 0.2) is 0 Å². The standard InChI is InChI=1S/C23H27ClN4O3.ClH/c1-31-21(29)20-6-5-19(14-26-20)28-12-11-27(22(28)30)18-7-9-23(15-25,10-8-18)16-3-2-4-17(24)13-16;/h2-6,13-14,18H,7-12,15,25H2,1H3;1H/t18-,23-;. The number of hydrogen-bond donors (Lipinski definition) is 1. The number of carbonyl (C=O) groups excluding carboxylic acids is 2. The van der Waals surface area contributed by atoms with E-state index in [0.29, 0.717) is 25.3 Å². The third kappa shape index (κ3) is 4.56. The van der Waals surface area contributed by atoms with Crippen LogP contribution in [0.2, 0.25) is 5.02 Å². The second-order valence-electron chi connectivity index (χ2n) is 8.25. The first kappa shape index (κ1) is 24.3. The summed E-state index contributed by atoms with van der Waals surface area (Å²) in [7, 11) is 1.32. The molecule has 2 fully saturated rings. The van der Waals surface area contributed by atoms with Gasteiger partial charge in [-0.1, -0.05) is 23.7 Å². The number of nitrogens with two attached hydrogens (primary N) is 1. The number of benzene rings is 1. The van der Waals surface area contributed by atoms with Crippen molar-refractivity contribution in [2.24, 2.45) is 5.73 Å². The summed E-state index contributed by atoms with van der Waals surface area (Å²) in [5.41, 5.74) is 8.23. The van der Waals surface area contributed by atoms with Gasteiger partial charge in [0, 0.05) is 36.1 Å². The van der Waals surface area contributed by atoms with E-state index in [9.17, 15) is 9.59 Å². The highest BCUT2D eigenvalue weighted by molar-refractivity contribution is 6.30. The van der Waals surface area contributed by atoms with Gasteiger partial charge in [-0.05, 0) is 55.5 Å². The van der Waals surface area contributed by atoms with E-state index in [2.05, 4.69) is 15.8 Å². The van der Waals surface area contributed by atoms with E-state index in [0.717, 1.165) is 30.7 Å². The Morgan fingerprint density at radius 3 is 2.59 bits per heavy atom. The summed E-state index contributed by atoms with van der Waals surface area (Å²) in [5.74, 6) is -0.494. The molecule has 2 aliphatic rings. The minimum Gasteiger partial charge on any atom is -0.464 e.